The Labute approximate surface area is 176 Å². The maximum atomic E-state index is 12.8. The van der Waals surface area contributed by atoms with Gasteiger partial charge in [0.25, 0.3) is 5.56 Å². The molecule has 4 nitrogen and oxygen atoms in total. The molecule has 0 unspecified atom stereocenters. The van der Waals surface area contributed by atoms with Gasteiger partial charge in [-0.1, -0.05) is 18.2 Å². The number of aromatic amines is 1. The zero-order valence-corrected chi connectivity index (χ0v) is 16.8. The molecule has 158 valence electrons. The summed E-state index contributed by atoms with van der Waals surface area (Å²) >= 11 is 0. The van der Waals surface area contributed by atoms with Crippen LogP contribution in [0.4, 0.5) is 13.2 Å². The van der Waals surface area contributed by atoms with Crippen molar-refractivity contribution in [1.29, 1.82) is 0 Å². The van der Waals surface area contributed by atoms with Crippen molar-refractivity contribution in [1.82, 2.24) is 14.5 Å². The van der Waals surface area contributed by atoms with Crippen LogP contribution in [0.3, 0.4) is 0 Å². The van der Waals surface area contributed by atoms with Crippen molar-refractivity contribution in [3.63, 3.8) is 0 Å². The molecule has 4 aromatic rings. The van der Waals surface area contributed by atoms with Crippen molar-refractivity contribution < 1.29 is 13.2 Å². The topological polar surface area (TPSA) is 41.0 Å². The number of alkyl halides is 3. The first-order valence-electron chi connectivity index (χ1n) is 10.0. The molecule has 2 aromatic carbocycles. The molecule has 7 heteroatoms. The van der Waals surface area contributed by atoms with Gasteiger partial charge in [-0.25, -0.2) is 0 Å². The van der Waals surface area contributed by atoms with Gasteiger partial charge in [-0.3, -0.25) is 9.36 Å². The summed E-state index contributed by atoms with van der Waals surface area (Å²) in [6.45, 7) is 1.90. The smallest absolute Gasteiger partial charge is 0.357 e. The highest BCUT2D eigenvalue weighted by molar-refractivity contribution is 5.86. The number of aromatic nitrogens is 2. The van der Waals surface area contributed by atoms with Crippen molar-refractivity contribution in [2.24, 2.45) is 0 Å². The van der Waals surface area contributed by atoms with Gasteiger partial charge >= 0.3 is 6.18 Å². The number of likely N-dealkylation sites (N-methyl/N-ethyl adjacent to an activating group) is 1. The van der Waals surface area contributed by atoms with E-state index >= 15 is 0 Å². The van der Waals surface area contributed by atoms with E-state index in [1.165, 1.54) is 34.8 Å². The third-order valence-corrected chi connectivity index (χ3v) is 5.89. The Morgan fingerprint density at radius 1 is 0.968 bits per heavy atom. The largest absolute Gasteiger partial charge is 0.416 e. The van der Waals surface area contributed by atoms with Crippen molar-refractivity contribution in [2.75, 3.05) is 13.6 Å². The fourth-order valence-corrected chi connectivity index (χ4v) is 4.24. The Kier molecular flexibility index (Phi) is 4.51. The molecule has 0 bridgehead atoms. The van der Waals surface area contributed by atoms with Crippen molar-refractivity contribution >= 4 is 10.9 Å². The standard InChI is InChI=1S/C24H20F3N3O/c1-29-10-9-20-19-7-6-18(13-21(19)28-22(20)14-29)30-11-8-16(12-23(30)31)15-2-4-17(5-3-15)24(25,26)27/h2-8,11-13,28H,9-10,14H2,1H3. The number of nitrogens with one attached hydrogen (secondary N) is 1. The molecule has 0 fully saturated rings. The third kappa shape index (κ3) is 3.55. The Balaban J connectivity index is 1.49. The van der Waals surface area contributed by atoms with E-state index in [0.29, 0.717) is 11.1 Å². The van der Waals surface area contributed by atoms with Crippen LogP contribution in [-0.4, -0.2) is 28.0 Å². The Morgan fingerprint density at radius 2 is 1.74 bits per heavy atom. The number of nitrogens with zero attached hydrogens (tertiary/aromatic N) is 2. The average molecular weight is 423 g/mol. The second-order valence-corrected chi connectivity index (χ2v) is 8.00. The summed E-state index contributed by atoms with van der Waals surface area (Å²) in [4.78, 5) is 18.5. The molecule has 2 aromatic heterocycles. The van der Waals surface area contributed by atoms with E-state index < -0.39 is 11.7 Å². The summed E-state index contributed by atoms with van der Waals surface area (Å²) in [5.74, 6) is 0. The van der Waals surface area contributed by atoms with E-state index in [4.69, 9.17) is 0 Å². The summed E-state index contributed by atoms with van der Waals surface area (Å²) < 4.78 is 39.9. The summed E-state index contributed by atoms with van der Waals surface area (Å²) in [5, 5.41) is 1.18. The monoisotopic (exact) mass is 423 g/mol. The van der Waals surface area contributed by atoms with Gasteiger partial charge in [0.2, 0.25) is 0 Å². The van der Waals surface area contributed by atoms with E-state index in [1.54, 1.807) is 16.8 Å². The van der Waals surface area contributed by atoms with Gasteiger partial charge in [-0.15, -0.1) is 0 Å². The molecule has 1 N–H and O–H groups in total. The SMILES string of the molecule is CN1CCc2c([nH]c3cc(-n4ccc(-c5ccc(C(F)(F)F)cc5)cc4=O)ccc23)C1. The minimum Gasteiger partial charge on any atom is -0.357 e. The first-order valence-corrected chi connectivity index (χ1v) is 10.0. The lowest BCUT2D eigenvalue weighted by Gasteiger charge is -2.22. The van der Waals surface area contributed by atoms with Crippen LogP contribution in [0.25, 0.3) is 27.7 Å². The molecule has 1 aliphatic rings. The minimum absolute atomic E-state index is 0.243. The van der Waals surface area contributed by atoms with Crippen LogP contribution in [0.1, 0.15) is 16.8 Å². The number of hydrogen-bond acceptors (Lipinski definition) is 2. The number of pyridine rings is 1. The molecule has 0 radical (unpaired) electrons. The molecular formula is C24H20F3N3O. The molecule has 3 heterocycles. The fraction of sp³-hybridized carbons (Fsp3) is 0.208. The third-order valence-electron chi connectivity index (χ3n) is 5.89. The van der Waals surface area contributed by atoms with E-state index in [2.05, 4.69) is 16.9 Å². The lowest BCUT2D eigenvalue weighted by atomic mass is 10.0. The maximum Gasteiger partial charge on any atom is 0.416 e. The lowest BCUT2D eigenvalue weighted by Crippen LogP contribution is -2.26. The van der Waals surface area contributed by atoms with Crippen molar-refractivity contribution in [3.05, 3.63) is 88.0 Å². The molecule has 5 rings (SSSR count). The van der Waals surface area contributed by atoms with E-state index in [1.807, 2.05) is 18.2 Å². The van der Waals surface area contributed by atoms with Gasteiger partial charge in [0.05, 0.1) is 11.3 Å². The van der Waals surface area contributed by atoms with Gasteiger partial charge in [0.1, 0.15) is 0 Å². The first-order chi connectivity index (χ1) is 14.8. The van der Waals surface area contributed by atoms with Gasteiger partial charge in [0.15, 0.2) is 0 Å². The summed E-state index contributed by atoms with van der Waals surface area (Å²) in [5.41, 5.74) is 4.48. The molecule has 0 saturated heterocycles. The van der Waals surface area contributed by atoms with Crippen molar-refractivity contribution in [2.45, 2.75) is 19.1 Å². The molecule has 0 amide bonds. The van der Waals surface area contributed by atoms with Crippen LogP contribution < -0.4 is 5.56 Å². The van der Waals surface area contributed by atoms with Crippen molar-refractivity contribution in [3.8, 4) is 16.8 Å². The minimum atomic E-state index is -4.38. The first kappa shape index (κ1) is 19.6. The predicted molar refractivity (Wildman–Crippen MR) is 114 cm³/mol. The second kappa shape index (κ2) is 7.13. The fourth-order valence-electron chi connectivity index (χ4n) is 4.24. The summed E-state index contributed by atoms with van der Waals surface area (Å²) in [6.07, 6.45) is -1.73. The van der Waals surface area contributed by atoms with E-state index in [-0.39, 0.29) is 5.56 Å². The number of fused-ring (bicyclic) bond motifs is 3. The molecule has 0 atom stereocenters. The predicted octanol–water partition coefficient (Wildman–Crippen LogP) is 4.99. The Morgan fingerprint density at radius 3 is 2.45 bits per heavy atom. The highest BCUT2D eigenvalue weighted by atomic mass is 19.4. The van der Waals surface area contributed by atoms with Crippen LogP contribution in [0.15, 0.2) is 65.6 Å². The summed E-state index contributed by atoms with van der Waals surface area (Å²) in [7, 11) is 2.09. The number of benzene rings is 2. The highest BCUT2D eigenvalue weighted by Gasteiger charge is 2.30. The normalized spacial score (nSPS) is 14.7. The van der Waals surface area contributed by atoms with E-state index in [9.17, 15) is 18.0 Å². The number of hydrogen-bond donors (Lipinski definition) is 1. The number of rotatable bonds is 2. The zero-order valence-electron chi connectivity index (χ0n) is 16.8. The number of halogens is 3. The van der Waals surface area contributed by atoms with Gasteiger partial charge in [0, 0.05) is 41.9 Å². The quantitative estimate of drug-likeness (QED) is 0.493. The Hall–Kier alpha value is -3.32. The van der Waals surface area contributed by atoms with Crippen LogP contribution in [-0.2, 0) is 19.1 Å². The second-order valence-electron chi connectivity index (χ2n) is 8.00. The lowest BCUT2D eigenvalue weighted by molar-refractivity contribution is -0.137. The molecule has 0 aliphatic carbocycles. The molecule has 0 spiro atoms. The van der Waals surface area contributed by atoms with E-state index in [0.717, 1.165) is 42.8 Å². The highest BCUT2D eigenvalue weighted by Crippen LogP contribution is 2.31. The van der Waals surface area contributed by atoms with Crippen LogP contribution in [0, 0.1) is 0 Å². The zero-order chi connectivity index (χ0) is 21.8. The van der Waals surface area contributed by atoms with Gasteiger partial charge in [-0.05, 0) is 60.5 Å². The number of H-pyrrole nitrogens is 1. The maximum absolute atomic E-state index is 12.8. The molecular weight excluding hydrogens is 403 g/mol. The van der Waals surface area contributed by atoms with Crippen LogP contribution in [0.2, 0.25) is 0 Å². The van der Waals surface area contributed by atoms with Crippen LogP contribution >= 0.6 is 0 Å². The molecule has 31 heavy (non-hydrogen) atoms. The van der Waals surface area contributed by atoms with Gasteiger partial charge < -0.3 is 9.88 Å². The Bertz CT molecular complexity index is 1330. The van der Waals surface area contributed by atoms with Crippen LogP contribution in [0.5, 0.6) is 0 Å². The van der Waals surface area contributed by atoms with Gasteiger partial charge in [-0.2, -0.15) is 13.2 Å². The summed E-state index contributed by atoms with van der Waals surface area (Å²) in [6, 6.07) is 13.9. The molecule has 0 saturated carbocycles. The molecule has 1 aliphatic heterocycles. The average Bonchev–Trinajstić information content (AvgIpc) is 3.09.